The topological polar surface area (TPSA) is 84.5 Å². The number of H-pyrrole nitrogens is 1. The quantitative estimate of drug-likeness (QED) is 0.421. The van der Waals surface area contributed by atoms with Crippen LogP contribution in [-0.2, 0) is 10.0 Å². The number of hydrogen-bond acceptors (Lipinski definition) is 5. The van der Waals surface area contributed by atoms with Crippen molar-refractivity contribution in [2.45, 2.75) is 18.7 Å². The molecule has 2 aromatic carbocycles. The Kier molecular flexibility index (Phi) is 7.60. The zero-order valence-electron chi connectivity index (χ0n) is 18.3. The SMILES string of the molecule is C=CCOc1ccc(C=C(Cl)c2nc3ccc(S(=O)(=O)N(CC)CC)cc3[nH]2)cc1OC. The van der Waals surface area contributed by atoms with Crippen molar-refractivity contribution >= 4 is 43.8 Å². The average Bonchev–Trinajstić information content (AvgIpc) is 3.22. The van der Waals surface area contributed by atoms with Crippen molar-refractivity contribution in [1.29, 1.82) is 0 Å². The van der Waals surface area contributed by atoms with E-state index in [0.29, 0.717) is 53.1 Å². The van der Waals surface area contributed by atoms with Crippen LogP contribution in [0.4, 0.5) is 0 Å². The molecule has 0 atom stereocenters. The van der Waals surface area contributed by atoms with Gasteiger partial charge in [-0.2, -0.15) is 4.31 Å². The summed E-state index contributed by atoms with van der Waals surface area (Å²) in [6, 6.07) is 10.3. The second-order valence-corrected chi connectivity index (χ2v) is 9.20. The molecule has 0 radical (unpaired) electrons. The summed E-state index contributed by atoms with van der Waals surface area (Å²) in [5.74, 6) is 1.61. The van der Waals surface area contributed by atoms with Crippen LogP contribution in [0.2, 0.25) is 0 Å². The molecule has 0 aliphatic rings. The van der Waals surface area contributed by atoms with Gasteiger partial charge in [-0.3, -0.25) is 0 Å². The minimum absolute atomic E-state index is 0.212. The molecular weight excluding hydrogens is 450 g/mol. The average molecular weight is 476 g/mol. The fraction of sp³-hybridized carbons (Fsp3) is 0.261. The van der Waals surface area contributed by atoms with E-state index in [9.17, 15) is 8.42 Å². The van der Waals surface area contributed by atoms with Gasteiger partial charge in [0, 0.05) is 13.1 Å². The first-order valence-electron chi connectivity index (χ1n) is 10.1. The third-order valence-corrected chi connectivity index (χ3v) is 7.19. The smallest absolute Gasteiger partial charge is 0.243 e. The second kappa shape index (κ2) is 10.2. The summed E-state index contributed by atoms with van der Waals surface area (Å²) < 4.78 is 38.0. The molecule has 0 saturated carbocycles. The number of nitrogens with one attached hydrogen (secondary N) is 1. The molecule has 0 amide bonds. The highest BCUT2D eigenvalue weighted by atomic mass is 35.5. The minimum atomic E-state index is -3.56. The fourth-order valence-electron chi connectivity index (χ4n) is 3.23. The molecule has 3 rings (SSSR count). The first-order chi connectivity index (χ1) is 15.3. The predicted molar refractivity (Wildman–Crippen MR) is 129 cm³/mol. The molecule has 1 heterocycles. The zero-order chi connectivity index (χ0) is 23.3. The molecule has 0 unspecified atom stereocenters. The van der Waals surface area contributed by atoms with E-state index in [-0.39, 0.29) is 4.90 Å². The molecule has 7 nitrogen and oxygen atoms in total. The van der Waals surface area contributed by atoms with E-state index in [4.69, 9.17) is 21.1 Å². The number of nitrogens with zero attached hydrogens (tertiary/aromatic N) is 2. The van der Waals surface area contributed by atoms with Crippen molar-refractivity contribution in [2.24, 2.45) is 0 Å². The first kappa shape index (κ1) is 23.8. The highest BCUT2D eigenvalue weighted by Gasteiger charge is 2.22. The monoisotopic (exact) mass is 475 g/mol. The standard InChI is InChI=1S/C23H26ClN3O4S/c1-5-12-31-21-11-8-16(14-22(21)30-4)13-18(24)23-25-19-10-9-17(15-20(19)26-23)32(28,29)27(6-2)7-3/h5,8-11,13-15H,1,6-7,12H2,2-4H3,(H,25,26). The van der Waals surface area contributed by atoms with E-state index >= 15 is 0 Å². The number of halogens is 1. The van der Waals surface area contributed by atoms with Gasteiger partial charge < -0.3 is 14.5 Å². The Bertz CT molecular complexity index is 1250. The van der Waals surface area contributed by atoms with E-state index in [1.54, 1.807) is 49.6 Å². The minimum Gasteiger partial charge on any atom is -0.493 e. The third-order valence-electron chi connectivity index (χ3n) is 4.86. The lowest BCUT2D eigenvalue weighted by atomic mass is 10.2. The van der Waals surface area contributed by atoms with E-state index in [1.807, 2.05) is 19.9 Å². The second-order valence-electron chi connectivity index (χ2n) is 6.86. The highest BCUT2D eigenvalue weighted by molar-refractivity contribution is 7.89. The molecule has 9 heteroatoms. The van der Waals surface area contributed by atoms with Crippen molar-refractivity contribution in [1.82, 2.24) is 14.3 Å². The van der Waals surface area contributed by atoms with Gasteiger partial charge in [0.05, 0.1) is 28.1 Å². The van der Waals surface area contributed by atoms with Crippen molar-refractivity contribution in [3.8, 4) is 11.5 Å². The van der Waals surface area contributed by atoms with E-state index in [1.165, 1.54) is 4.31 Å². The zero-order valence-corrected chi connectivity index (χ0v) is 19.8. The van der Waals surface area contributed by atoms with Crippen LogP contribution in [0.5, 0.6) is 11.5 Å². The first-order valence-corrected chi connectivity index (χ1v) is 11.9. The molecule has 170 valence electrons. The van der Waals surface area contributed by atoms with Gasteiger partial charge in [0.2, 0.25) is 10.0 Å². The number of methoxy groups -OCH3 is 1. The number of ether oxygens (including phenoxy) is 2. The lowest BCUT2D eigenvalue weighted by molar-refractivity contribution is 0.326. The van der Waals surface area contributed by atoms with Crippen LogP contribution in [0, 0.1) is 0 Å². The predicted octanol–water partition coefficient (Wildman–Crippen LogP) is 4.90. The van der Waals surface area contributed by atoms with Crippen LogP contribution in [0.15, 0.2) is 53.9 Å². The molecule has 0 aliphatic heterocycles. The molecule has 0 saturated heterocycles. The van der Waals surface area contributed by atoms with Crippen molar-refractivity contribution in [2.75, 3.05) is 26.8 Å². The van der Waals surface area contributed by atoms with E-state index < -0.39 is 10.0 Å². The van der Waals surface area contributed by atoms with E-state index in [0.717, 1.165) is 5.56 Å². The van der Waals surface area contributed by atoms with Gasteiger partial charge in [-0.25, -0.2) is 13.4 Å². The molecule has 1 N–H and O–H groups in total. The Morgan fingerprint density at radius 3 is 2.59 bits per heavy atom. The summed E-state index contributed by atoms with van der Waals surface area (Å²) >= 11 is 6.51. The van der Waals surface area contributed by atoms with Crippen LogP contribution >= 0.6 is 11.6 Å². The Morgan fingerprint density at radius 2 is 1.94 bits per heavy atom. The molecular formula is C23H26ClN3O4S. The highest BCUT2D eigenvalue weighted by Crippen LogP contribution is 2.31. The van der Waals surface area contributed by atoms with Crippen LogP contribution < -0.4 is 9.47 Å². The maximum absolute atomic E-state index is 12.8. The normalized spacial score (nSPS) is 12.3. The Hall–Kier alpha value is -2.81. The van der Waals surface area contributed by atoms with Crippen LogP contribution in [0.25, 0.3) is 22.1 Å². The largest absolute Gasteiger partial charge is 0.493 e. The Morgan fingerprint density at radius 1 is 1.19 bits per heavy atom. The maximum atomic E-state index is 12.8. The van der Waals surface area contributed by atoms with Gasteiger partial charge in [-0.05, 0) is 42.0 Å². The third kappa shape index (κ3) is 4.98. The number of fused-ring (bicyclic) bond motifs is 1. The molecule has 1 aromatic heterocycles. The molecule has 0 spiro atoms. The van der Waals surface area contributed by atoms with E-state index in [2.05, 4.69) is 16.5 Å². The van der Waals surface area contributed by atoms with Gasteiger partial charge in [0.15, 0.2) is 11.5 Å². The molecule has 3 aromatic rings. The number of sulfonamides is 1. The summed E-state index contributed by atoms with van der Waals surface area (Å²) in [7, 11) is -2.00. The van der Waals surface area contributed by atoms with Gasteiger partial charge in [0.25, 0.3) is 0 Å². The summed E-state index contributed by atoms with van der Waals surface area (Å²) in [5, 5.41) is 0.371. The van der Waals surface area contributed by atoms with Gasteiger partial charge in [0.1, 0.15) is 12.4 Å². The Labute approximate surface area is 193 Å². The fourth-order valence-corrected chi connectivity index (χ4v) is 4.93. The molecule has 0 bridgehead atoms. The van der Waals surface area contributed by atoms with Crippen molar-refractivity contribution < 1.29 is 17.9 Å². The van der Waals surface area contributed by atoms with Gasteiger partial charge in [-0.15, -0.1) is 0 Å². The number of imidazole rings is 1. The number of benzene rings is 2. The lowest BCUT2D eigenvalue weighted by Crippen LogP contribution is -2.30. The van der Waals surface area contributed by atoms with Gasteiger partial charge in [-0.1, -0.05) is 44.2 Å². The lowest BCUT2D eigenvalue weighted by Gasteiger charge is -2.18. The summed E-state index contributed by atoms with van der Waals surface area (Å²) in [6.45, 7) is 8.44. The summed E-state index contributed by atoms with van der Waals surface area (Å²) in [6.07, 6.45) is 3.40. The number of aromatic nitrogens is 2. The molecule has 0 fully saturated rings. The van der Waals surface area contributed by atoms with Gasteiger partial charge >= 0.3 is 0 Å². The maximum Gasteiger partial charge on any atom is 0.243 e. The summed E-state index contributed by atoms with van der Waals surface area (Å²) in [4.78, 5) is 7.81. The number of rotatable bonds is 10. The number of hydrogen-bond donors (Lipinski definition) is 1. The molecule has 32 heavy (non-hydrogen) atoms. The van der Waals surface area contributed by atoms with Crippen LogP contribution in [-0.4, -0.2) is 49.5 Å². The Balaban J connectivity index is 1.93. The van der Waals surface area contributed by atoms with Crippen molar-refractivity contribution in [3.05, 3.63) is 60.4 Å². The summed E-state index contributed by atoms with van der Waals surface area (Å²) in [5.41, 5.74) is 2.00. The van der Waals surface area contributed by atoms with Crippen molar-refractivity contribution in [3.63, 3.8) is 0 Å². The van der Waals surface area contributed by atoms with Crippen LogP contribution in [0.3, 0.4) is 0 Å². The molecule has 0 aliphatic carbocycles. The van der Waals surface area contributed by atoms with Crippen LogP contribution in [0.1, 0.15) is 25.2 Å². The number of aromatic amines is 1.